The van der Waals surface area contributed by atoms with Gasteiger partial charge >= 0.3 is 5.97 Å². The SMILES string of the molecule is CCCNC(=O)C(C)N(CC)CC(=O)O. The molecule has 0 radical (unpaired) electrons. The number of nitrogens with zero attached hydrogens (tertiary/aromatic N) is 1. The molecule has 88 valence electrons. The van der Waals surface area contributed by atoms with Crippen LogP contribution in [-0.2, 0) is 9.59 Å². The predicted octanol–water partition coefficient (Wildman–Crippen LogP) is 0.308. The Hall–Kier alpha value is -1.10. The van der Waals surface area contributed by atoms with Gasteiger partial charge < -0.3 is 10.4 Å². The molecule has 15 heavy (non-hydrogen) atoms. The molecule has 0 aromatic heterocycles. The van der Waals surface area contributed by atoms with E-state index in [4.69, 9.17) is 5.11 Å². The monoisotopic (exact) mass is 216 g/mol. The van der Waals surface area contributed by atoms with Crippen LogP contribution in [0, 0.1) is 0 Å². The van der Waals surface area contributed by atoms with Crippen molar-refractivity contribution in [3.05, 3.63) is 0 Å². The lowest BCUT2D eigenvalue weighted by atomic mass is 10.2. The number of likely N-dealkylation sites (N-methyl/N-ethyl adjacent to an activating group) is 1. The lowest BCUT2D eigenvalue weighted by molar-refractivity contribution is -0.139. The molecule has 0 aliphatic carbocycles. The molecule has 0 aromatic carbocycles. The summed E-state index contributed by atoms with van der Waals surface area (Å²) in [4.78, 5) is 23.7. The van der Waals surface area contributed by atoms with Crippen LogP contribution in [0.5, 0.6) is 0 Å². The molecule has 0 saturated heterocycles. The fraction of sp³-hybridized carbons (Fsp3) is 0.800. The third-order valence-electron chi connectivity index (χ3n) is 2.22. The van der Waals surface area contributed by atoms with Gasteiger partial charge in [-0.1, -0.05) is 13.8 Å². The average Bonchev–Trinajstić information content (AvgIpc) is 2.21. The zero-order valence-electron chi connectivity index (χ0n) is 9.62. The molecule has 0 saturated carbocycles. The normalized spacial score (nSPS) is 12.5. The Kier molecular flexibility index (Phi) is 6.70. The molecule has 5 nitrogen and oxygen atoms in total. The Morgan fingerprint density at radius 3 is 2.40 bits per heavy atom. The van der Waals surface area contributed by atoms with E-state index in [1.807, 2.05) is 13.8 Å². The molecule has 0 bridgehead atoms. The zero-order chi connectivity index (χ0) is 11.8. The molecular weight excluding hydrogens is 196 g/mol. The third-order valence-corrected chi connectivity index (χ3v) is 2.22. The summed E-state index contributed by atoms with van der Waals surface area (Å²) in [6.45, 7) is 6.61. The van der Waals surface area contributed by atoms with Gasteiger partial charge in [-0.25, -0.2) is 0 Å². The molecular formula is C10H20N2O3. The maximum atomic E-state index is 11.5. The summed E-state index contributed by atoms with van der Waals surface area (Å²) in [6.07, 6.45) is 0.878. The smallest absolute Gasteiger partial charge is 0.317 e. The maximum Gasteiger partial charge on any atom is 0.317 e. The molecule has 0 aromatic rings. The van der Waals surface area contributed by atoms with Gasteiger partial charge in [-0.2, -0.15) is 0 Å². The van der Waals surface area contributed by atoms with Crippen LogP contribution < -0.4 is 5.32 Å². The van der Waals surface area contributed by atoms with Gasteiger partial charge in [0.25, 0.3) is 0 Å². The lowest BCUT2D eigenvalue weighted by Gasteiger charge is -2.24. The van der Waals surface area contributed by atoms with Crippen LogP contribution in [0.1, 0.15) is 27.2 Å². The fourth-order valence-corrected chi connectivity index (χ4v) is 1.26. The van der Waals surface area contributed by atoms with E-state index >= 15 is 0 Å². The van der Waals surface area contributed by atoms with E-state index in [0.717, 1.165) is 6.42 Å². The Labute approximate surface area is 90.5 Å². The van der Waals surface area contributed by atoms with Crippen LogP contribution in [-0.4, -0.2) is 47.6 Å². The summed E-state index contributed by atoms with van der Waals surface area (Å²) in [7, 11) is 0. The Morgan fingerprint density at radius 2 is 2.00 bits per heavy atom. The van der Waals surface area contributed by atoms with E-state index < -0.39 is 12.0 Å². The summed E-state index contributed by atoms with van der Waals surface area (Å²) >= 11 is 0. The second-order valence-electron chi connectivity index (χ2n) is 3.42. The van der Waals surface area contributed by atoms with Crippen LogP contribution in [0.25, 0.3) is 0 Å². The van der Waals surface area contributed by atoms with Gasteiger partial charge in [-0.15, -0.1) is 0 Å². The molecule has 5 heteroatoms. The molecule has 0 fully saturated rings. The summed E-state index contributed by atoms with van der Waals surface area (Å²) in [5.41, 5.74) is 0. The van der Waals surface area contributed by atoms with Crippen molar-refractivity contribution in [1.82, 2.24) is 10.2 Å². The topological polar surface area (TPSA) is 69.6 Å². The molecule has 0 aliphatic heterocycles. The highest BCUT2D eigenvalue weighted by molar-refractivity contribution is 5.82. The molecule has 1 atom stereocenters. The number of hydrogen-bond donors (Lipinski definition) is 2. The quantitative estimate of drug-likeness (QED) is 0.642. The minimum atomic E-state index is -0.910. The van der Waals surface area contributed by atoms with Crippen molar-refractivity contribution in [2.75, 3.05) is 19.6 Å². The molecule has 2 N–H and O–H groups in total. The number of amides is 1. The van der Waals surface area contributed by atoms with Crippen molar-refractivity contribution >= 4 is 11.9 Å². The number of carbonyl (C=O) groups excluding carboxylic acids is 1. The highest BCUT2D eigenvalue weighted by Crippen LogP contribution is 1.98. The first-order valence-corrected chi connectivity index (χ1v) is 5.26. The molecule has 0 aliphatic rings. The van der Waals surface area contributed by atoms with Gasteiger partial charge in [0.2, 0.25) is 5.91 Å². The largest absolute Gasteiger partial charge is 0.480 e. The highest BCUT2D eigenvalue weighted by atomic mass is 16.4. The summed E-state index contributed by atoms with van der Waals surface area (Å²) in [5, 5.41) is 11.4. The molecule has 0 spiro atoms. The fourth-order valence-electron chi connectivity index (χ4n) is 1.26. The number of carboxylic acids is 1. The van der Waals surface area contributed by atoms with Crippen LogP contribution in [0.15, 0.2) is 0 Å². The minimum Gasteiger partial charge on any atom is -0.480 e. The predicted molar refractivity (Wildman–Crippen MR) is 57.6 cm³/mol. The van der Waals surface area contributed by atoms with Crippen LogP contribution in [0.4, 0.5) is 0 Å². The van der Waals surface area contributed by atoms with Crippen LogP contribution in [0.3, 0.4) is 0 Å². The Balaban J connectivity index is 4.17. The number of carbonyl (C=O) groups is 2. The Bertz CT molecular complexity index is 219. The van der Waals surface area contributed by atoms with Crippen molar-refractivity contribution < 1.29 is 14.7 Å². The third kappa shape index (κ3) is 5.37. The van der Waals surface area contributed by atoms with E-state index in [2.05, 4.69) is 5.32 Å². The van der Waals surface area contributed by atoms with Crippen molar-refractivity contribution in [2.24, 2.45) is 0 Å². The minimum absolute atomic E-state index is 0.1000. The van der Waals surface area contributed by atoms with Crippen molar-refractivity contribution in [1.29, 1.82) is 0 Å². The molecule has 1 unspecified atom stereocenters. The van der Waals surface area contributed by atoms with Crippen molar-refractivity contribution in [3.63, 3.8) is 0 Å². The van der Waals surface area contributed by atoms with E-state index in [0.29, 0.717) is 13.1 Å². The number of carboxylic acid groups (broad SMARTS) is 1. The van der Waals surface area contributed by atoms with Crippen LogP contribution >= 0.6 is 0 Å². The summed E-state index contributed by atoms with van der Waals surface area (Å²) in [6, 6.07) is -0.391. The van der Waals surface area contributed by atoms with E-state index in [1.165, 1.54) is 0 Å². The maximum absolute atomic E-state index is 11.5. The number of hydrogen-bond acceptors (Lipinski definition) is 3. The first-order chi connectivity index (χ1) is 7.02. The van der Waals surface area contributed by atoms with E-state index in [-0.39, 0.29) is 12.5 Å². The first-order valence-electron chi connectivity index (χ1n) is 5.26. The molecule has 1 amide bonds. The summed E-state index contributed by atoms with van der Waals surface area (Å²) in [5.74, 6) is -1.02. The second kappa shape index (κ2) is 7.23. The Morgan fingerprint density at radius 1 is 1.40 bits per heavy atom. The van der Waals surface area contributed by atoms with Crippen molar-refractivity contribution in [2.45, 2.75) is 33.2 Å². The zero-order valence-corrected chi connectivity index (χ0v) is 9.62. The van der Waals surface area contributed by atoms with Gasteiger partial charge in [0.1, 0.15) is 0 Å². The van der Waals surface area contributed by atoms with Gasteiger partial charge in [-0.3, -0.25) is 14.5 Å². The highest BCUT2D eigenvalue weighted by Gasteiger charge is 2.21. The summed E-state index contributed by atoms with van der Waals surface area (Å²) < 4.78 is 0. The standard InChI is InChI=1S/C10H20N2O3/c1-4-6-11-10(15)8(3)12(5-2)7-9(13)14/h8H,4-7H2,1-3H3,(H,11,15)(H,13,14). The van der Waals surface area contributed by atoms with Gasteiger partial charge in [-0.05, 0) is 19.9 Å². The van der Waals surface area contributed by atoms with E-state index in [1.54, 1.807) is 11.8 Å². The second-order valence-corrected chi connectivity index (χ2v) is 3.42. The first kappa shape index (κ1) is 13.9. The van der Waals surface area contributed by atoms with Gasteiger partial charge in [0.15, 0.2) is 0 Å². The molecule has 0 heterocycles. The van der Waals surface area contributed by atoms with Gasteiger partial charge in [0, 0.05) is 6.54 Å². The van der Waals surface area contributed by atoms with E-state index in [9.17, 15) is 9.59 Å². The average molecular weight is 216 g/mol. The van der Waals surface area contributed by atoms with Gasteiger partial charge in [0.05, 0.1) is 12.6 Å². The lowest BCUT2D eigenvalue weighted by Crippen LogP contribution is -2.47. The number of rotatable bonds is 7. The van der Waals surface area contributed by atoms with Crippen LogP contribution in [0.2, 0.25) is 0 Å². The molecule has 0 rings (SSSR count). The van der Waals surface area contributed by atoms with Crippen molar-refractivity contribution in [3.8, 4) is 0 Å². The number of nitrogens with one attached hydrogen (secondary N) is 1. The number of aliphatic carboxylic acids is 1.